The summed E-state index contributed by atoms with van der Waals surface area (Å²) in [6.45, 7) is 3.30. The van der Waals surface area contributed by atoms with Crippen LogP contribution in [0.15, 0.2) is 12.1 Å². The van der Waals surface area contributed by atoms with Crippen molar-refractivity contribution in [3.8, 4) is 5.75 Å². The lowest BCUT2D eigenvalue weighted by Crippen LogP contribution is -2.14. The topological polar surface area (TPSA) is 32.3 Å². The van der Waals surface area contributed by atoms with Gasteiger partial charge < -0.3 is 10.4 Å². The normalized spacial score (nSPS) is 10.6. The van der Waals surface area contributed by atoms with Gasteiger partial charge in [-0.05, 0) is 30.7 Å². The molecule has 1 aromatic carbocycles. The third kappa shape index (κ3) is 3.47. The fraction of sp³-hybridized carbons (Fsp3) is 0.455. The van der Waals surface area contributed by atoms with Gasteiger partial charge in [0.05, 0.1) is 0 Å². The number of unbranched alkanes of at least 4 members (excludes halogenated alkanes) is 1. The number of hydrogen-bond acceptors (Lipinski definition) is 2. The Morgan fingerprint density at radius 2 is 1.87 bits per heavy atom. The van der Waals surface area contributed by atoms with Gasteiger partial charge in [-0.2, -0.15) is 0 Å². The number of rotatable bonds is 5. The van der Waals surface area contributed by atoms with Gasteiger partial charge >= 0.3 is 0 Å². The largest absolute Gasteiger partial charge is 0.503 e. The molecule has 0 saturated heterocycles. The molecule has 0 aliphatic heterocycles. The van der Waals surface area contributed by atoms with Crippen molar-refractivity contribution in [3.05, 3.63) is 29.3 Å². The van der Waals surface area contributed by atoms with E-state index in [-0.39, 0.29) is 0 Å². The first-order valence-corrected chi connectivity index (χ1v) is 5.02. The average Bonchev–Trinajstić information content (AvgIpc) is 2.21. The highest BCUT2D eigenvalue weighted by molar-refractivity contribution is 5.29. The lowest BCUT2D eigenvalue weighted by molar-refractivity contribution is 0.395. The first-order chi connectivity index (χ1) is 7.15. The number of nitrogens with one attached hydrogen (secondary N) is 1. The summed E-state index contributed by atoms with van der Waals surface area (Å²) in [4.78, 5) is 0. The summed E-state index contributed by atoms with van der Waals surface area (Å²) in [5.41, 5.74) is 0.499. The molecule has 0 amide bonds. The Balaban J connectivity index is 2.55. The smallest absolute Gasteiger partial charge is 0.187 e. The van der Waals surface area contributed by atoms with Crippen LogP contribution in [0, 0.1) is 11.6 Å². The van der Waals surface area contributed by atoms with Gasteiger partial charge in [0.25, 0.3) is 0 Å². The molecule has 0 spiro atoms. The van der Waals surface area contributed by atoms with Crippen LogP contribution in [0.25, 0.3) is 0 Å². The molecule has 0 bridgehead atoms. The van der Waals surface area contributed by atoms with E-state index in [1.54, 1.807) is 0 Å². The minimum Gasteiger partial charge on any atom is -0.503 e. The van der Waals surface area contributed by atoms with Crippen molar-refractivity contribution in [1.29, 1.82) is 0 Å². The third-order valence-corrected chi connectivity index (χ3v) is 2.11. The second kappa shape index (κ2) is 5.66. The van der Waals surface area contributed by atoms with Gasteiger partial charge in [-0.1, -0.05) is 13.3 Å². The van der Waals surface area contributed by atoms with Gasteiger partial charge in [0.1, 0.15) is 0 Å². The van der Waals surface area contributed by atoms with E-state index in [0.717, 1.165) is 31.5 Å². The maximum Gasteiger partial charge on any atom is 0.187 e. The van der Waals surface area contributed by atoms with E-state index >= 15 is 0 Å². The summed E-state index contributed by atoms with van der Waals surface area (Å²) in [6, 6.07) is 2.27. The van der Waals surface area contributed by atoms with Gasteiger partial charge in [0.15, 0.2) is 17.4 Å². The molecule has 0 heterocycles. The molecule has 0 unspecified atom stereocenters. The number of hydrogen-bond donors (Lipinski definition) is 2. The summed E-state index contributed by atoms with van der Waals surface area (Å²) in [7, 11) is 0. The summed E-state index contributed by atoms with van der Waals surface area (Å²) >= 11 is 0. The maximum atomic E-state index is 12.9. The Hall–Kier alpha value is -1.16. The monoisotopic (exact) mass is 215 g/mol. The number of halogens is 2. The predicted molar refractivity (Wildman–Crippen MR) is 54.6 cm³/mol. The molecule has 1 rings (SSSR count). The molecule has 0 atom stereocenters. The molecule has 1 aromatic rings. The van der Waals surface area contributed by atoms with E-state index in [9.17, 15) is 8.78 Å². The lowest BCUT2D eigenvalue weighted by atomic mass is 10.2. The molecule has 2 nitrogen and oxygen atoms in total. The van der Waals surface area contributed by atoms with Gasteiger partial charge in [-0.25, -0.2) is 8.78 Å². The van der Waals surface area contributed by atoms with Crippen LogP contribution >= 0.6 is 0 Å². The highest BCUT2D eigenvalue weighted by Crippen LogP contribution is 2.21. The summed E-state index contributed by atoms with van der Waals surface area (Å²) in [5.74, 6) is -2.74. The van der Waals surface area contributed by atoms with Crippen molar-refractivity contribution < 1.29 is 13.9 Å². The molecule has 0 fully saturated rings. The highest BCUT2D eigenvalue weighted by Gasteiger charge is 2.08. The minimum atomic E-state index is -0.915. The molecule has 0 radical (unpaired) electrons. The molecule has 0 aliphatic rings. The van der Waals surface area contributed by atoms with Gasteiger partial charge in [0, 0.05) is 6.54 Å². The van der Waals surface area contributed by atoms with Gasteiger partial charge in [-0.15, -0.1) is 0 Å². The van der Waals surface area contributed by atoms with E-state index in [4.69, 9.17) is 5.11 Å². The molecule has 2 N–H and O–H groups in total. The van der Waals surface area contributed by atoms with E-state index in [1.807, 2.05) is 0 Å². The fourth-order valence-corrected chi connectivity index (χ4v) is 1.25. The zero-order valence-corrected chi connectivity index (χ0v) is 8.69. The maximum absolute atomic E-state index is 12.9. The molecule has 4 heteroatoms. The Labute approximate surface area is 87.9 Å². The molecule has 15 heavy (non-hydrogen) atoms. The van der Waals surface area contributed by atoms with Crippen LogP contribution in [0.5, 0.6) is 5.75 Å². The first kappa shape index (κ1) is 11.9. The number of benzene rings is 1. The SMILES string of the molecule is CCCCNCc1cc(F)c(O)c(F)c1. The van der Waals surface area contributed by atoms with Crippen molar-refractivity contribution in [3.63, 3.8) is 0 Å². The molecular weight excluding hydrogens is 200 g/mol. The highest BCUT2D eigenvalue weighted by atomic mass is 19.1. The summed E-state index contributed by atoms with van der Waals surface area (Å²) < 4.78 is 25.8. The van der Waals surface area contributed by atoms with Gasteiger partial charge in [-0.3, -0.25) is 0 Å². The predicted octanol–water partition coefficient (Wildman–Crippen LogP) is 2.56. The van der Waals surface area contributed by atoms with Crippen LogP contribution < -0.4 is 5.32 Å². The standard InChI is InChI=1S/C11H15F2NO/c1-2-3-4-14-7-8-5-9(12)11(15)10(13)6-8/h5-6,14-15H,2-4,7H2,1H3. The molecule has 0 aromatic heterocycles. The zero-order valence-electron chi connectivity index (χ0n) is 8.69. The third-order valence-electron chi connectivity index (χ3n) is 2.11. The van der Waals surface area contributed by atoms with Crippen molar-refractivity contribution in [2.75, 3.05) is 6.54 Å². The average molecular weight is 215 g/mol. The number of aromatic hydroxyl groups is 1. The van der Waals surface area contributed by atoms with Gasteiger partial charge in [0.2, 0.25) is 0 Å². The molecule has 0 aliphatic carbocycles. The summed E-state index contributed by atoms with van der Waals surface area (Å²) in [6.07, 6.45) is 2.11. The van der Waals surface area contributed by atoms with E-state index in [2.05, 4.69) is 12.2 Å². The lowest BCUT2D eigenvalue weighted by Gasteiger charge is -2.05. The van der Waals surface area contributed by atoms with Crippen molar-refractivity contribution >= 4 is 0 Å². The first-order valence-electron chi connectivity index (χ1n) is 5.02. The number of phenols is 1. The van der Waals surface area contributed by atoms with E-state index in [0.29, 0.717) is 12.1 Å². The molecule has 0 saturated carbocycles. The van der Waals surface area contributed by atoms with Crippen molar-refractivity contribution in [2.45, 2.75) is 26.3 Å². The zero-order chi connectivity index (χ0) is 11.3. The fourth-order valence-electron chi connectivity index (χ4n) is 1.25. The quantitative estimate of drug-likeness (QED) is 0.740. The summed E-state index contributed by atoms with van der Waals surface area (Å²) in [5, 5.41) is 11.9. The number of phenolic OH excluding ortho intramolecular Hbond substituents is 1. The van der Waals surface area contributed by atoms with Crippen LogP contribution in [0.2, 0.25) is 0 Å². The van der Waals surface area contributed by atoms with E-state index in [1.165, 1.54) is 0 Å². The Bertz CT molecular complexity index is 305. The van der Waals surface area contributed by atoms with Crippen LogP contribution in [0.4, 0.5) is 8.78 Å². The minimum absolute atomic E-state index is 0.411. The second-order valence-corrected chi connectivity index (χ2v) is 3.44. The van der Waals surface area contributed by atoms with Crippen LogP contribution in [-0.2, 0) is 6.54 Å². The van der Waals surface area contributed by atoms with Crippen LogP contribution in [0.3, 0.4) is 0 Å². The van der Waals surface area contributed by atoms with Crippen LogP contribution in [-0.4, -0.2) is 11.7 Å². The Morgan fingerprint density at radius 1 is 1.27 bits per heavy atom. The Morgan fingerprint density at radius 3 is 2.40 bits per heavy atom. The molecule has 84 valence electrons. The molecular formula is C11H15F2NO. The van der Waals surface area contributed by atoms with E-state index < -0.39 is 17.4 Å². The second-order valence-electron chi connectivity index (χ2n) is 3.44. The van der Waals surface area contributed by atoms with Crippen LogP contribution in [0.1, 0.15) is 25.3 Å². The van der Waals surface area contributed by atoms with Crippen molar-refractivity contribution in [2.24, 2.45) is 0 Å². The Kier molecular flexibility index (Phi) is 4.49. The van der Waals surface area contributed by atoms with Crippen molar-refractivity contribution in [1.82, 2.24) is 5.32 Å².